The Labute approximate surface area is 104 Å². The lowest BCUT2D eigenvalue weighted by molar-refractivity contribution is 0.130. The van der Waals surface area contributed by atoms with Crippen molar-refractivity contribution in [1.29, 1.82) is 0 Å². The normalized spacial score (nSPS) is 10.1. The van der Waals surface area contributed by atoms with Crippen molar-refractivity contribution in [2.45, 2.75) is 20.0 Å². The summed E-state index contributed by atoms with van der Waals surface area (Å²) < 4.78 is 18.3. The molecule has 0 spiro atoms. The summed E-state index contributed by atoms with van der Waals surface area (Å²) in [6, 6.07) is 4.06. The number of carbonyl (C=O) groups is 1. The molecule has 17 heavy (non-hydrogen) atoms. The van der Waals surface area contributed by atoms with Gasteiger partial charge in [-0.15, -0.1) is 0 Å². The summed E-state index contributed by atoms with van der Waals surface area (Å²) >= 11 is 4.71. The van der Waals surface area contributed by atoms with Gasteiger partial charge >= 0.3 is 6.09 Å². The Bertz CT molecular complexity index is 449. The zero-order valence-corrected chi connectivity index (χ0v) is 10.3. The van der Waals surface area contributed by atoms with E-state index in [9.17, 15) is 9.18 Å². The third-order valence-electron chi connectivity index (χ3n) is 1.83. The molecule has 92 valence electrons. The van der Waals surface area contributed by atoms with E-state index >= 15 is 0 Å². The van der Waals surface area contributed by atoms with Crippen LogP contribution in [0.4, 0.5) is 14.9 Å². The Balaban J connectivity index is 2.79. The van der Waals surface area contributed by atoms with Crippen LogP contribution in [0.5, 0.6) is 0 Å². The Morgan fingerprint density at radius 2 is 2.18 bits per heavy atom. The topological polar surface area (TPSA) is 64.3 Å². The highest BCUT2D eigenvalue weighted by molar-refractivity contribution is 7.80. The number of hydrogen-bond acceptors (Lipinski definition) is 3. The van der Waals surface area contributed by atoms with Crippen molar-refractivity contribution in [3.8, 4) is 0 Å². The summed E-state index contributed by atoms with van der Waals surface area (Å²) in [7, 11) is 0. The molecule has 1 aromatic carbocycles. The van der Waals surface area contributed by atoms with Crippen LogP contribution in [0, 0.1) is 5.82 Å². The molecule has 1 aromatic rings. The molecule has 0 radical (unpaired) electrons. The second-order valence-corrected chi connectivity index (χ2v) is 4.08. The van der Waals surface area contributed by atoms with Crippen LogP contribution >= 0.6 is 12.2 Å². The molecular formula is C11H13FN2O2S. The number of ether oxygens (including phenoxy) is 1. The molecule has 0 aliphatic carbocycles. The van der Waals surface area contributed by atoms with E-state index in [1.54, 1.807) is 13.8 Å². The van der Waals surface area contributed by atoms with Crippen LogP contribution in [-0.4, -0.2) is 17.2 Å². The summed E-state index contributed by atoms with van der Waals surface area (Å²) in [5, 5.41) is 2.29. The second-order valence-electron chi connectivity index (χ2n) is 3.64. The number of benzene rings is 1. The molecular weight excluding hydrogens is 243 g/mol. The molecule has 0 atom stereocenters. The molecule has 3 N–H and O–H groups in total. The fourth-order valence-electron chi connectivity index (χ4n) is 1.12. The molecule has 0 saturated carbocycles. The number of rotatable bonds is 3. The molecule has 0 unspecified atom stereocenters. The van der Waals surface area contributed by atoms with Gasteiger partial charge in [0.1, 0.15) is 10.8 Å². The number of carbonyl (C=O) groups excluding carboxylic acids is 1. The first-order valence-corrected chi connectivity index (χ1v) is 5.38. The van der Waals surface area contributed by atoms with Gasteiger partial charge in [-0.1, -0.05) is 12.2 Å². The molecule has 0 aliphatic heterocycles. The van der Waals surface area contributed by atoms with Gasteiger partial charge < -0.3 is 10.5 Å². The van der Waals surface area contributed by atoms with E-state index in [0.29, 0.717) is 5.56 Å². The highest BCUT2D eigenvalue weighted by atomic mass is 32.1. The van der Waals surface area contributed by atoms with E-state index in [1.165, 1.54) is 12.1 Å². The Kier molecular flexibility index (Phi) is 4.39. The largest absolute Gasteiger partial charge is 0.447 e. The van der Waals surface area contributed by atoms with Crippen LogP contribution in [0.3, 0.4) is 0 Å². The van der Waals surface area contributed by atoms with Gasteiger partial charge in [-0.3, -0.25) is 5.32 Å². The smallest absolute Gasteiger partial charge is 0.411 e. The minimum Gasteiger partial charge on any atom is -0.447 e. The standard InChI is InChI=1S/C11H13FN2O2S/c1-6(2)16-11(15)14-9-4-3-7(10(13)17)5-8(9)12/h3-6H,1-2H3,(H2,13,17)(H,14,15). The molecule has 0 bridgehead atoms. The van der Waals surface area contributed by atoms with Crippen LogP contribution in [0.1, 0.15) is 19.4 Å². The van der Waals surface area contributed by atoms with Gasteiger partial charge in [0, 0.05) is 5.56 Å². The molecule has 0 aliphatic rings. The first-order valence-electron chi connectivity index (χ1n) is 4.97. The van der Waals surface area contributed by atoms with Crippen molar-refractivity contribution < 1.29 is 13.9 Å². The van der Waals surface area contributed by atoms with Crippen molar-refractivity contribution in [1.82, 2.24) is 0 Å². The summed E-state index contributed by atoms with van der Waals surface area (Å²) in [6.07, 6.45) is -0.976. The fourth-order valence-corrected chi connectivity index (χ4v) is 1.25. The highest BCUT2D eigenvalue weighted by Crippen LogP contribution is 2.16. The Morgan fingerprint density at radius 1 is 1.53 bits per heavy atom. The molecule has 1 amide bonds. The number of hydrogen-bond donors (Lipinski definition) is 2. The predicted molar refractivity (Wildman–Crippen MR) is 67.5 cm³/mol. The second kappa shape index (κ2) is 5.58. The van der Waals surface area contributed by atoms with E-state index < -0.39 is 11.9 Å². The SMILES string of the molecule is CC(C)OC(=O)Nc1ccc(C(N)=S)cc1F. The Morgan fingerprint density at radius 3 is 2.65 bits per heavy atom. The number of thiocarbonyl (C=S) groups is 1. The summed E-state index contributed by atoms with van der Waals surface area (Å²) in [6.45, 7) is 3.40. The van der Waals surface area contributed by atoms with E-state index in [0.717, 1.165) is 6.07 Å². The van der Waals surface area contributed by atoms with E-state index in [1.807, 2.05) is 0 Å². The van der Waals surface area contributed by atoms with E-state index in [4.69, 9.17) is 22.7 Å². The maximum absolute atomic E-state index is 13.5. The van der Waals surface area contributed by atoms with Crippen LogP contribution in [-0.2, 0) is 4.74 Å². The van der Waals surface area contributed by atoms with Crippen LogP contribution < -0.4 is 11.1 Å². The van der Waals surface area contributed by atoms with Crippen LogP contribution in [0.25, 0.3) is 0 Å². The van der Waals surface area contributed by atoms with Gasteiger partial charge in [0.25, 0.3) is 0 Å². The lowest BCUT2D eigenvalue weighted by atomic mass is 10.2. The quantitative estimate of drug-likeness (QED) is 0.815. The maximum atomic E-state index is 13.5. The van der Waals surface area contributed by atoms with Crippen molar-refractivity contribution >= 4 is 29.0 Å². The predicted octanol–water partition coefficient (Wildman–Crippen LogP) is 2.42. The number of anilines is 1. The fraction of sp³-hybridized carbons (Fsp3) is 0.273. The van der Waals surface area contributed by atoms with Gasteiger partial charge in [0.05, 0.1) is 11.8 Å². The Hall–Kier alpha value is -1.69. The summed E-state index contributed by atoms with van der Waals surface area (Å²) in [5.74, 6) is -0.615. The van der Waals surface area contributed by atoms with Gasteiger partial charge in [-0.25, -0.2) is 9.18 Å². The molecule has 4 nitrogen and oxygen atoms in total. The third-order valence-corrected chi connectivity index (χ3v) is 2.07. The third kappa shape index (κ3) is 3.99. The highest BCUT2D eigenvalue weighted by Gasteiger charge is 2.10. The van der Waals surface area contributed by atoms with Crippen LogP contribution in [0.15, 0.2) is 18.2 Å². The molecule has 6 heteroatoms. The molecule has 0 fully saturated rings. The van der Waals surface area contributed by atoms with Crippen molar-refractivity contribution in [3.05, 3.63) is 29.6 Å². The van der Waals surface area contributed by atoms with Crippen molar-refractivity contribution in [2.24, 2.45) is 5.73 Å². The molecule has 0 saturated heterocycles. The van der Waals surface area contributed by atoms with Gasteiger partial charge in [-0.2, -0.15) is 0 Å². The minimum absolute atomic E-state index is 0.0238. The number of nitrogens with one attached hydrogen (secondary N) is 1. The monoisotopic (exact) mass is 256 g/mol. The lowest BCUT2D eigenvalue weighted by Gasteiger charge is -2.10. The summed E-state index contributed by atoms with van der Waals surface area (Å²) in [5.41, 5.74) is 5.78. The first kappa shape index (κ1) is 13.4. The van der Waals surface area contributed by atoms with Gasteiger partial charge in [-0.05, 0) is 32.0 Å². The molecule has 0 heterocycles. The van der Waals surface area contributed by atoms with Crippen molar-refractivity contribution in [3.63, 3.8) is 0 Å². The number of nitrogens with two attached hydrogens (primary N) is 1. The van der Waals surface area contributed by atoms with Gasteiger partial charge in [0.15, 0.2) is 0 Å². The van der Waals surface area contributed by atoms with E-state index in [2.05, 4.69) is 5.32 Å². The molecule has 1 rings (SSSR count). The first-order chi connectivity index (χ1) is 7.90. The average Bonchev–Trinajstić information content (AvgIpc) is 2.19. The van der Waals surface area contributed by atoms with E-state index in [-0.39, 0.29) is 16.8 Å². The van der Waals surface area contributed by atoms with Gasteiger partial charge in [0.2, 0.25) is 0 Å². The zero-order chi connectivity index (χ0) is 13.0. The molecule has 0 aromatic heterocycles. The van der Waals surface area contributed by atoms with Crippen LogP contribution in [0.2, 0.25) is 0 Å². The lowest BCUT2D eigenvalue weighted by Crippen LogP contribution is -2.19. The summed E-state index contributed by atoms with van der Waals surface area (Å²) in [4.78, 5) is 11.3. The number of halogens is 1. The average molecular weight is 256 g/mol. The van der Waals surface area contributed by atoms with Crippen molar-refractivity contribution in [2.75, 3.05) is 5.32 Å². The zero-order valence-electron chi connectivity index (χ0n) is 9.49. The maximum Gasteiger partial charge on any atom is 0.411 e. The minimum atomic E-state index is -0.707. The number of amides is 1.